The number of anilines is 2. The molecule has 1 aliphatic rings. The molecular weight excluding hydrogens is 328 g/mol. The summed E-state index contributed by atoms with van der Waals surface area (Å²) in [4.78, 5) is 5.81. The summed E-state index contributed by atoms with van der Waals surface area (Å²) >= 11 is 7.57. The number of aromatic nitrogens is 1. The maximum atomic E-state index is 6.35. The summed E-state index contributed by atoms with van der Waals surface area (Å²) in [5, 5.41) is 2.51. The van der Waals surface area contributed by atoms with E-state index in [-0.39, 0.29) is 0 Å². The average Bonchev–Trinajstić information content (AvgIpc) is 2.89. The zero-order chi connectivity index (χ0) is 16.0. The van der Waals surface area contributed by atoms with Crippen molar-refractivity contribution in [3.8, 4) is 11.1 Å². The van der Waals surface area contributed by atoms with E-state index in [0.29, 0.717) is 5.69 Å². The van der Waals surface area contributed by atoms with Gasteiger partial charge in [0.2, 0.25) is 0 Å². The Labute approximate surface area is 143 Å². The van der Waals surface area contributed by atoms with Gasteiger partial charge >= 0.3 is 0 Å². The third-order valence-electron chi connectivity index (χ3n) is 4.42. The topological polar surface area (TPSA) is 77.0 Å². The minimum absolute atomic E-state index is 0.679. The molecule has 3 aromatic rings. The molecule has 2 heterocycles. The van der Waals surface area contributed by atoms with Gasteiger partial charge in [-0.1, -0.05) is 35.1 Å². The summed E-state index contributed by atoms with van der Waals surface area (Å²) in [6, 6.07) is 7.95. The SMILES string of the molecule is NNc1sc2nc3c(c(-c4ccc(Cl)cc4)c2c1N)CCCC3. The van der Waals surface area contributed by atoms with Crippen molar-refractivity contribution < 1.29 is 0 Å². The maximum absolute atomic E-state index is 6.35. The van der Waals surface area contributed by atoms with E-state index in [1.165, 1.54) is 41.0 Å². The van der Waals surface area contributed by atoms with Crippen LogP contribution < -0.4 is 17.0 Å². The molecule has 5 N–H and O–H groups in total. The van der Waals surface area contributed by atoms with Crippen LogP contribution in [0.25, 0.3) is 21.3 Å². The second-order valence-electron chi connectivity index (χ2n) is 5.80. The van der Waals surface area contributed by atoms with Crippen LogP contribution in [0.1, 0.15) is 24.1 Å². The number of nitrogens with one attached hydrogen (secondary N) is 1. The number of aryl methyl sites for hydroxylation is 1. The number of nitrogens with two attached hydrogens (primary N) is 2. The Morgan fingerprint density at radius 3 is 2.61 bits per heavy atom. The molecule has 0 amide bonds. The summed E-state index contributed by atoms with van der Waals surface area (Å²) in [5.41, 5.74) is 14.6. The number of pyridine rings is 1. The third kappa shape index (κ3) is 2.36. The van der Waals surface area contributed by atoms with Crippen molar-refractivity contribution in [3.63, 3.8) is 0 Å². The van der Waals surface area contributed by atoms with Gasteiger partial charge in [0, 0.05) is 16.1 Å². The summed E-state index contributed by atoms with van der Waals surface area (Å²) in [5.74, 6) is 5.61. The van der Waals surface area contributed by atoms with Crippen LogP contribution in [0.2, 0.25) is 5.02 Å². The average molecular weight is 345 g/mol. The van der Waals surface area contributed by atoms with Gasteiger partial charge in [-0.05, 0) is 54.5 Å². The monoisotopic (exact) mass is 344 g/mol. The lowest BCUT2D eigenvalue weighted by atomic mass is 9.87. The first-order valence-electron chi connectivity index (χ1n) is 7.65. The van der Waals surface area contributed by atoms with Gasteiger partial charge < -0.3 is 11.2 Å². The van der Waals surface area contributed by atoms with Crippen LogP contribution in [0.5, 0.6) is 0 Å². The van der Waals surface area contributed by atoms with Crippen LogP contribution in [-0.2, 0) is 12.8 Å². The number of hydrazine groups is 1. The smallest absolute Gasteiger partial charge is 0.129 e. The van der Waals surface area contributed by atoms with Gasteiger partial charge in [-0.25, -0.2) is 10.8 Å². The highest BCUT2D eigenvalue weighted by Gasteiger charge is 2.23. The molecule has 23 heavy (non-hydrogen) atoms. The number of halogens is 1. The van der Waals surface area contributed by atoms with Crippen molar-refractivity contribution in [2.24, 2.45) is 5.84 Å². The fraction of sp³-hybridized carbons (Fsp3) is 0.235. The van der Waals surface area contributed by atoms with E-state index in [0.717, 1.165) is 38.6 Å². The predicted molar refractivity (Wildman–Crippen MR) is 98.9 cm³/mol. The molecule has 0 saturated carbocycles. The standard InChI is InChI=1S/C17H17ClN4S/c18-10-7-5-9(6-8-10)13-11-3-1-2-4-12(11)21-16-14(13)15(19)17(22-20)23-16/h5-8,22H,1-4,19-20H2. The lowest BCUT2D eigenvalue weighted by Gasteiger charge is -2.20. The van der Waals surface area contributed by atoms with Crippen LogP contribution >= 0.6 is 22.9 Å². The van der Waals surface area contributed by atoms with Gasteiger partial charge in [0.05, 0.1) is 5.69 Å². The molecule has 0 spiro atoms. The van der Waals surface area contributed by atoms with Crippen molar-refractivity contribution in [2.75, 3.05) is 11.2 Å². The zero-order valence-electron chi connectivity index (χ0n) is 12.5. The number of rotatable bonds is 2. The lowest BCUT2D eigenvalue weighted by Crippen LogP contribution is -2.08. The van der Waals surface area contributed by atoms with Crippen molar-refractivity contribution in [1.29, 1.82) is 0 Å². The number of nitrogen functional groups attached to an aromatic ring is 2. The fourth-order valence-corrected chi connectivity index (χ4v) is 4.41. The third-order valence-corrected chi connectivity index (χ3v) is 5.70. The lowest BCUT2D eigenvalue weighted by molar-refractivity contribution is 0.673. The molecule has 0 saturated heterocycles. The molecule has 1 aromatic carbocycles. The fourth-order valence-electron chi connectivity index (χ4n) is 3.35. The highest BCUT2D eigenvalue weighted by molar-refractivity contribution is 7.23. The molecule has 0 aliphatic heterocycles. The molecule has 0 bridgehead atoms. The van der Waals surface area contributed by atoms with Crippen LogP contribution in [0, 0.1) is 0 Å². The van der Waals surface area contributed by atoms with Gasteiger partial charge in [0.1, 0.15) is 9.83 Å². The van der Waals surface area contributed by atoms with Crippen LogP contribution in [0.3, 0.4) is 0 Å². The van der Waals surface area contributed by atoms with E-state index in [9.17, 15) is 0 Å². The van der Waals surface area contributed by atoms with Gasteiger partial charge in [-0.3, -0.25) is 0 Å². The number of fused-ring (bicyclic) bond motifs is 2. The zero-order valence-corrected chi connectivity index (χ0v) is 14.1. The minimum Gasteiger partial charge on any atom is -0.396 e. The maximum Gasteiger partial charge on any atom is 0.129 e. The van der Waals surface area contributed by atoms with E-state index in [4.69, 9.17) is 28.2 Å². The van der Waals surface area contributed by atoms with Gasteiger partial charge in [0.25, 0.3) is 0 Å². The summed E-state index contributed by atoms with van der Waals surface area (Å²) in [7, 11) is 0. The molecule has 0 unspecified atom stereocenters. The van der Waals surface area contributed by atoms with E-state index in [2.05, 4.69) is 17.6 Å². The van der Waals surface area contributed by atoms with Crippen LogP contribution in [0.4, 0.5) is 10.7 Å². The Hall–Kier alpha value is -1.82. The Morgan fingerprint density at radius 1 is 1.13 bits per heavy atom. The molecule has 0 atom stereocenters. The molecule has 6 heteroatoms. The quantitative estimate of drug-likeness (QED) is 0.476. The van der Waals surface area contributed by atoms with Crippen LogP contribution in [-0.4, -0.2) is 4.98 Å². The minimum atomic E-state index is 0.679. The molecule has 118 valence electrons. The number of benzene rings is 1. The first kappa shape index (κ1) is 14.8. The molecule has 4 nitrogen and oxygen atoms in total. The number of nitrogens with zero attached hydrogens (tertiary/aromatic N) is 1. The second kappa shape index (κ2) is 5.67. The number of hydrogen-bond donors (Lipinski definition) is 3. The van der Waals surface area contributed by atoms with Gasteiger partial charge in [0.15, 0.2) is 0 Å². The molecule has 1 aliphatic carbocycles. The van der Waals surface area contributed by atoms with Crippen molar-refractivity contribution >= 4 is 43.8 Å². The molecule has 4 rings (SSSR count). The molecule has 0 fully saturated rings. The predicted octanol–water partition coefficient (Wildman–Crippen LogP) is 4.36. The first-order chi connectivity index (χ1) is 11.2. The number of hydrogen-bond acceptors (Lipinski definition) is 5. The van der Waals surface area contributed by atoms with Gasteiger partial charge in [-0.15, -0.1) is 0 Å². The van der Waals surface area contributed by atoms with E-state index < -0.39 is 0 Å². The Balaban J connectivity index is 2.09. The summed E-state index contributed by atoms with van der Waals surface area (Å²) in [6.07, 6.45) is 4.44. The largest absolute Gasteiger partial charge is 0.396 e. The van der Waals surface area contributed by atoms with E-state index in [1.807, 2.05) is 12.1 Å². The summed E-state index contributed by atoms with van der Waals surface area (Å²) in [6.45, 7) is 0. The Kier molecular flexibility index (Phi) is 3.64. The van der Waals surface area contributed by atoms with E-state index in [1.54, 1.807) is 0 Å². The highest BCUT2D eigenvalue weighted by Crippen LogP contribution is 2.45. The highest BCUT2D eigenvalue weighted by atomic mass is 35.5. The Morgan fingerprint density at radius 2 is 1.87 bits per heavy atom. The van der Waals surface area contributed by atoms with Crippen molar-refractivity contribution in [3.05, 3.63) is 40.5 Å². The molecule has 0 radical (unpaired) electrons. The Bertz CT molecular complexity index is 886. The summed E-state index contributed by atoms with van der Waals surface area (Å²) < 4.78 is 0. The first-order valence-corrected chi connectivity index (χ1v) is 8.84. The molecular formula is C17H17ClN4S. The van der Waals surface area contributed by atoms with Crippen molar-refractivity contribution in [1.82, 2.24) is 4.98 Å². The van der Waals surface area contributed by atoms with Crippen LogP contribution in [0.15, 0.2) is 24.3 Å². The van der Waals surface area contributed by atoms with Crippen molar-refractivity contribution in [2.45, 2.75) is 25.7 Å². The normalized spacial score (nSPS) is 14.0. The number of thiophene rings is 1. The molecule has 2 aromatic heterocycles. The van der Waals surface area contributed by atoms with Gasteiger partial charge in [-0.2, -0.15) is 0 Å². The second-order valence-corrected chi connectivity index (χ2v) is 7.23. The van der Waals surface area contributed by atoms with E-state index >= 15 is 0 Å².